The first kappa shape index (κ1) is 14.8. The average Bonchev–Trinajstić information content (AvgIpc) is 2.26. The van der Waals surface area contributed by atoms with E-state index in [-0.39, 0.29) is 0 Å². The third kappa shape index (κ3) is 4.83. The number of rotatable bonds is 4. The molecule has 98 valence electrons. The zero-order chi connectivity index (χ0) is 12.9. The van der Waals surface area contributed by atoms with Crippen LogP contribution in [0.15, 0.2) is 22.9 Å². The summed E-state index contributed by atoms with van der Waals surface area (Å²) in [6.45, 7) is 12.0. The Morgan fingerprint density at radius 2 is 1.94 bits per heavy atom. The molecule has 0 aliphatic heterocycles. The van der Waals surface area contributed by atoms with E-state index in [9.17, 15) is 0 Å². The van der Waals surface area contributed by atoms with Gasteiger partial charge in [-0.3, -0.25) is 0 Å². The Balaban J connectivity index is 2.93. The van der Waals surface area contributed by atoms with Gasteiger partial charge in [0.2, 0.25) is 0 Å². The molecule has 0 radical (unpaired) electrons. The highest BCUT2D eigenvalue weighted by molar-refractivity contribution is 6.81. The molecule has 1 heteroatoms. The fraction of sp³-hybridized carbons (Fsp3) is 0.750. The standard InChI is InChI=1S/C16H30Si/c1-6-10-15-11-8-9-12-16(15)14(7-2)13-17(3,4)5/h10,13,16H,6-9,11-12H2,1-5H3/b14-13+,15-10-. The second kappa shape index (κ2) is 6.58. The Kier molecular flexibility index (Phi) is 5.71. The second-order valence-corrected chi connectivity index (χ2v) is 11.4. The number of hydrogen-bond acceptors (Lipinski definition) is 0. The maximum atomic E-state index is 2.66. The second-order valence-electron chi connectivity index (χ2n) is 6.42. The van der Waals surface area contributed by atoms with Gasteiger partial charge in [-0.05, 0) is 32.1 Å². The monoisotopic (exact) mass is 250 g/mol. The molecular weight excluding hydrogens is 220 g/mol. The molecule has 0 aromatic carbocycles. The van der Waals surface area contributed by atoms with E-state index in [1.54, 1.807) is 11.1 Å². The first-order valence-corrected chi connectivity index (χ1v) is 11.0. The summed E-state index contributed by atoms with van der Waals surface area (Å²) in [5, 5.41) is 0. The minimum absolute atomic E-state index is 0.792. The Morgan fingerprint density at radius 1 is 1.24 bits per heavy atom. The van der Waals surface area contributed by atoms with Crippen molar-refractivity contribution in [3.05, 3.63) is 22.9 Å². The molecular formula is C16H30Si. The molecule has 1 fully saturated rings. The minimum Gasteiger partial charge on any atom is -0.0952 e. The van der Waals surface area contributed by atoms with Gasteiger partial charge in [0.05, 0.1) is 8.07 Å². The zero-order valence-corrected chi connectivity index (χ0v) is 13.5. The molecule has 1 atom stereocenters. The normalized spacial score (nSPS) is 25.4. The topological polar surface area (TPSA) is 0 Å². The highest BCUT2D eigenvalue weighted by Gasteiger charge is 2.23. The molecule has 0 amide bonds. The Labute approximate surface area is 109 Å². The maximum absolute atomic E-state index is 2.66. The Morgan fingerprint density at radius 3 is 2.47 bits per heavy atom. The van der Waals surface area contributed by atoms with Gasteiger partial charge in [-0.25, -0.2) is 0 Å². The van der Waals surface area contributed by atoms with Crippen molar-refractivity contribution in [3.63, 3.8) is 0 Å². The first-order chi connectivity index (χ1) is 7.98. The van der Waals surface area contributed by atoms with Gasteiger partial charge >= 0.3 is 0 Å². The predicted molar refractivity (Wildman–Crippen MR) is 82.1 cm³/mol. The van der Waals surface area contributed by atoms with Gasteiger partial charge < -0.3 is 0 Å². The van der Waals surface area contributed by atoms with Crippen LogP contribution in [0, 0.1) is 5.92 Å². The van der Waals surface area contributed by atoms with Crippen LogP contribution in [-0.4, -0.2) is 8.07 Å². The molecule has 0 aromatic heterocycles. The van der Waals surface area contributed by atoms with Crippen molar-refractivity contribution in [2.24, 2.45) is 5.92 Å². The van der Waals surface area contributed by atoms with Crippen molar-refractivity contribution < 1.29 is 0 Å². The third-order valence-corrected chi connectivity index (χ3v) is 4.83. The Hall–Kier alpha value is -0.303. The lowest BCUT2D eigenvalue weighted by Gasteiger charge is -2.29. The molecule has 1 aliphatic rings. The van der Waals surface area contributed by atoms with Crippen molar-refractivity contribution in [1.29, 1.82) is 0 Å². The summed E-state index contributed by atoms with van der Waals surface area (Å²) in [7, 11) is -1.07. The van der Waals surface area contributed by atoms with Crippen molar-refractivity contribution in [3.8, 4) is 0 Å². The molecule has 0 spiro atoms. The van der Waals surface area contributed by atoms with E-state index < -0.39 is 8.07 Å². The van der Waals surface area contributed by atoms with Crippen molar-refractivity contribution in [2.75, 3.05) is 0 Å². The van der Waals surface area contributed by atoms with Crippen molar-refractivity contribution in [1.82, 2.24) is 0 Å². The van der Waals surface area contributed by atoms with Crippen LogP contribution in [0.4, 0.5) is 0 Å². The Bertz CT molecular complexity index is 291. The third-order valence-electron chi connectivity index (χ3n) is 3.60. The van der Waals surface area contributed by atoms with E-state index in [4.69, 9.17) is 0 Å². The molecule has 0 bridgehead atoms. The molecule has 1 rings (SSSR count). The highest BCUT2D eigenvalue weighted by Crippen LogP contribution is 2.36. The predicted octanol–water partition coefficient (Wildman–Crippen LogP) is 5.73. The molecule has 0 nitrogen and oxygen atoms in total. The van der Waals surface area contributed by atoms with Gasteiger partial charge in [-0.1, -0.05) is 62.8 Å². The average molecular weight is 251 g/mol. The molecule has 0 N–H and O–H groups in total. The van der Waals surface area contributed by atoms with E-state index in [0.29, 0.717) is 0 Å². The zero-order valence-electron chi connectivity index (χ0n) is 12.5. The summed E-state index contributed by atoms with van der Waals surface area (Å²) < 4.78 is 0. The van der Waals surface area contributed by atoms with Crippen LogP contribution >= 0.6 is 0 Å². The van der Waals surface area contributed by atoms with Gasteiger partial charge in [0.25, 0.3) is 0 Å². The first-order valence-electron chi connectivity index (χ1n) is 7.38. The van der Waals surface area contributed by atoms with Crippen molar-refractivity contribution >= 4 is 8.07 Å². The van der Waals surface area contributed by atoms with Crippen LogP contribution in [-0.2, 0) is 0 Å². The van der Waals surface area contributed by atoms with Crippen LogP contribution in [0.25, 0.3) is 0 Å². The van der Waals surface area contributed by atoms with Gasteiger partial charge in [0.1, 0.15) is 0 Å². The van der Waals surface area contributed by atoms with Crippen LogP contribution in [0.1, 0.15) is 52.4 Å². The van der Waals surface area contributed by atoms with Gasteiger partial charge in [0, 0.05) is 5.92 Å². The fourth-order valence-electron chi connectivity index (χ4n) is 2.97. The maximum Gasteiger partial charge on any atom is 0.0686 e. The van der Waals surface area contributed by atoms with E-state index >= 15 is 0 Å². The summed E-state index contributed by atoms with van der Waals surface area (Å²) in [5.41, 5.74) is 6.14. The summed E-state index contributed by atoms with van der Waals surface area (Å²) >= 11 is 0. The smallest absolute Gasteiger partial charge is 0.0686 e. The van der Waals surface area contributed by atoms with Crippen molar-refractivity contribution in [2.45, 2.75) is 72.0 Å². The molecule has 1 unspecified atom stereocenters. The number of allylic oxidation sites excluding steroid dienone is 3. The van der Waals surface area contributed by atoms with Gasteiger partial charge in [-0.2, -0.15) is 0 Å². The number of hydrogen-bond donors (Lipinski definition) is 0. The molecule has 0 aromatic rings. The quantitative estimate of drug-likeness (QED) is 0.442. The van der Waals surface area contributed by atoms with Crippen LogP contribution in [0.5, 0.6) is 0 Å². The van der Waals surface area contributed by atoms with E-state index in [1.165, 1.54) is 38.5 Å². The summed E-state index contributed by atoms with van der Waals surface area (Å²) in [6, 6.07) is 0. The van der Waals surface area contributed by atoms with Gasteiger partial charge in [0.15, 0.2) is 0 Å². The SMILES string of the molecule is CC/C=C1/CCCCC1/C(=C/[Si](C)(C)C)CC. The minimum atomic E-state index is -1.07. The molecule has 0 heterocycles. The summed E-state index contributed by atoms with van der Waals surface area (Å²) in [6.07, 6.45) is 10.5. The summed E-state index contributed by atoms with van der Waals surface area (Å²) in [4.78, 5) is 0. The van der Waals surface area contributed by atoms with E-state index in [1.807, 2.05) is 0 Å². The van der Waals surface area contributed by atoms with Crippen LogP contribution in [0.3, 0.4) is 0 Å². The molecule has 17 heavy (non-hydrogen) atoms. The summed E-state index contributed by atoms with van der Waals surface area (Å²) in [5.74, 6) is 0.792. The molecule has 1 saturated carbocycles. The lowest BCUT2D eigenvalue weighted by molar-refractivity contribution is 0.491. The fourth-order valence-corrected chi connectivity index (χ4v) is 4.49. The molecule has 0 saturated heterocycles. The lowest BCUT2D eigenvalue weighted by Crippen LogP contribution is -2.21. The largest absolute Gasteiger partial charge is 0.0952 e. The molecule has 1 aliphatic carbocycles. The van der Waals surface area contributed by atoms with Crippen LogP contribution < -0.4 is 0 Å². The van der Waals surface area contributed by atoms with Crippen LogP contribution in [0.2, 0.25) is 19.6 Å². The van der Waals surface area contributed by atoms with E-state index in [0.717, 1.165) is 5.92 Å². The van der Waals surface area contributed by atoms with E-state index in [2.05, 4.69) is 45.3 Å². The van der Waals surface area contributed by atoms with Gasteiger partial charge in [-0.15, -0.1) is 0 Å². The lowest BCUT2D eigenvalue weighted by atomic mass is 9.79. The highest BCUT2D eigenvalue weighted by atomic mass is 28.3.